The highest BCUT2D eigenvalue weighted by atomic mass is 16.4. The van der Waals surface area contributed by atoms with Crippen molar-refractivity contribution in [2.24, 2.45) is 0 Å². The molecule has 16 heavy (non-hydrogen) atoms. The van der Waals surface area contributed by atoms with Crippen LogP contribution in [0, 0.1) is 0 Å². The van der Waals surface area contributed by atoms with Crippen LogP contribution in [0.3, 0.4) is 0 Å². The highest BCUT2D eigenvalue weighted by Crippen LogP contribution is 2.23. The van der Waals surface area contributed by atoms with Crippen molar-refractivity contribution in [2.75, 3.05) is 7.05 Å². The van der Waals surface area contributed by atoms with E-state index in [0.29, 0.717) is 6.42 Å². The van der Waals surface area contributed by atoms with Gasteiger partial charge in [0.25, 0.3) is 0 Å². The molecular formula is C12H16N2O2. The Kier molecular flexibility index (Phi) is 3.10. The number of carbonyl (C=O) groups is 1. The van der Waals surface area contributed by atoms with Crippen LogP contribution in [0.4, 0.5) is 0 Å². The zero-order valence-electron chi connectivity index (χ0n) is 9.29. The molecule has 0 saturated carbocycles. The third-order valence-electron chi connectivity index (χ3n) is 3.01. The number of aromatic amines is 1. The van der Waals surface area contributed by atoms with E-state index in [0.717, 1.165) is 18.4 Å². The summed E-state index contributed by atoms with van der Waals surface area (Å²) in [5, 5.41) is 11.8. The second-order valence-electron chi connectivity index (χ2n) is 4.03. The van der Waals surface area contributed by atoms with E-state index in [1.54, 1.807) is 7.05 Å². The van der Waals surface area contributed by atoms with Gasteiger partial charge in [0.1, 0.15) is 6.04 Å². The van der Waals surface area contributed by atoms with Crippen molar-refractivity contribution >= 4 is 12.0 Å². The lowest BCUT2D eigenvalue weighted by atomic mass is 9.98. The minimum atomic E-state index is -0.808. The maximum absolute atomic E-state index is 10.9. The van der Waals surface area contributed by atoms with Gasteiger partial charge in [0.05, 0.1) is 0 Å². The van der Waals surface area contributed by atoms with Gasteiger partial charge in [0.2, 0.25) is 0 Å². The number of rotatable bonds is 4. The number of carboxylic acid groups (broad SMARTS) is 1. The number of fused-ring (bicyclic) bond motifs is 1. The van der Waals surface area contributed by atoms with Crippen LogP contribution < -0.4 is 5.32 Å². The smallest absolute Gasteiger partial charge is 0.321 e. The molecule has 4 nitrogen and oxygen atoms in total. The molecule has 1 heterocycles. The van der Waals surface area contributed by atoms with E-state index in [4.69, 9.17) is 5.11 Å². The van der Waals surface area contributed by atoms with Crippen molar-refractivity contribution in [1.82, 2.24) is 10.3 Å². The van der Waals surface area contributed by atoms with Crippen LogP contribution >= 0.6 is 0 Å². The lowest BCUT2D eigenvalue weighted by molar-refractivity contribution is -0.139. The van der Waals surface area contributed by atoms with E-state index in [1.165, 1.54) is 11.3 Å². The molecular weight excluding hydrogens is 204 g/mol. The summed E-state index contributed by atoms with van der Waals surface area (Å²) in [5.41, 5.74) is 3.47. The predicted octanol–water partition coefficient (Wildman–Crippen LogP) is 1.19. The van der Waals surface area contributed by atoms with E-state index in [2.05, 4.69) is 22.5 Å². The van der Waals surface area contributed by atoms with Gasteiger partial charge in [-0.15, -0.1) is 0 Å². The van der Waals surface area contributed by atoms with Gasteiger partial charge < -0.3 is 15.4 Å². The summed E-state index contributed by atoms with van der Waals surface area (Å²) >= 11 is 0. The molecule has 2 rings (SSSR count). The molecule has 86 valence electrons. The lowest BCUT2D eigenvalue weighted by Gasteiger charge is -2.12. The standard InChI is InChI=1S/C12H16N2O2/c1-13-11(12(15)16)6-8-7-14-10-5-3-2-4-9(8)10/h2,4,7,11,13-14H,3,5-6H2,1H3,(H,15,16). The zero-order chi connectivity index (χ0) is 11.5. The Bertz CT molecular complexity index is 421. The quantitative estimate of drug-likeness (QED) is 0.714. The van der Waals surface area contributed by atoms with Gasteiger partial charge in [-0.1, -0.05) is 12.2 Å². The molecule has 1 aliphatic rings. The van der Waals surface area contributed by atoms with E-state index in [1.807, 2.05) is 6.20 Å². The third-order valence-corrected chi connectivity index (χ3v) is 3.01. The molecule has 1 aromatic rings. The minimum absolute atomic E-state index is 0.516. The first kappa shape index (κ1) is 11.0. The molecule has 4 heteroatoms. The summed E-state index contributed by atoms with van der Waals surface area (Å²) in [6, 6.07) is -0.518. The molecule has 0 spiro atoms. The van der Waals surface area contributed by atoms with Crippen molar-refractivity contribution in [3.05, 3.63) is 29.1 Å². The summed E-state index contributed by atoms with van der Waals surface area (Å²) in [7, 11) is 1.67. The maximum atomic E-state index is 10.9. The van der Waals surface area contributed by atoms with Crippen LogP contribution in [0.2, 0.25) is 0 Å². The van der Waals surface area contributed by atoms with Gasteiger partial charge in [0.15, 0.2) is 0 Å². The normalized spacial score (nSPS) is 15.8. The number of aryl methyl sites for hydroxylation is 1. The molecule has 0 radical (unpaired) electrons. The fourth-order valence-corrected chi connectivity index (χ4v) is 2.07. The van der Waals surface area contributed by atoms with Crippen molar-refractivity contribution in [3.8, 4) is 0 Å². The van der Waals surface area contributed by atoms with Gasteiger partial charge in [-0.25, -0.2) is 0 Å². The molecule has 0 amide bonds. The summed E-state index contributed by atoms with van der Waals surface area (Å²) in [4.78, 5) is 14.2. The number of aromatic nitrogens is 1. The number of hydrogen-bond donors (Lipinski definition) is 3. The zero-order valence-corrected chi connectivity index (χ0v) is 9.29. The van der Waals surface area contributed by atoms with Crippen LogP contribution in [0.1, 0.15) is 23.2 Å². The van der Waals surface area contributed by atoms with Crippen LogP contribution in [-0.4, -0.2) is 29.1 Å². The molecule has 1 aromatic heterocycles. The van der Waals surface area contributed by atoms with E-state index < -0.39 is 12.0 Å². The van der Waals surface area contributed by atoms with Gasteiger partial charge in [0, 0.05) is 18.3 Å². The topological polar surface area (TPSA) is 65.1 Å². The monoisotopic (exact) mass is 220 g/mol. The summed E-state index contributed by atoms with van der Waals surface area (Å²) in [6.45, 7) is 0. The number of nitrogens with one attached hydrogen (secondary N) is 2. The molecule has 0 bridgehead atoms. The number of H-pyrrole nitrogens is 1. The Morgan fingerprint density at radius 2 is 2.50 bits per heavy atom. The largest absolute Gasteiger partial charge is 0.480 e. The summed E-state index contributed by atoms with van der Waals surface area (Å²) in [6.07, 6.45) is 8.73. The van der Waals surface area contributed by atoms with E-state index in [-0.39, 0.29) is 0 Å². The van der Waals surface area contributed by atoms with Crippen LogP contribution in [0.25, 0.3) is 6.08 Å². The van der Waals surface area contributed by atoms with Crippen molar-refractivity contribution in [1.29, 1.82) is 0 Å². The minimum Gasteiger partial charge on any atom is -0.480 e. The Hall–Kier alpha value is -1.55. The number of allylic oxidation sites excluding steroid dienone is 1. The van der Waals surface area contributed by atoms with Crippen LogP contribution in [0.15, 0.2) is 12.3 Å². The SMILES string of the molecule is CNC(Cc1c[nH]c2c1C=CCC2)C(=O)O. The molecule has 1 aliphatic carbocycles. The average molecular weight is 220 g/mol. The van der Waals surface area contributed by atoms with E-state index in [9.17, 15) is 4.79 Å². The van der Waals surface area contributed by atoms with Gasteiger partial charge in [-0.05, 0) is 31.0 Å². The molecule has 0 aliphatic heterocycles. The molecule has 0 fully saturated rings. The average Bonchev–Trinajstić information content (AvgIpc) is 2.69. The summed E-state index contributed by atoms with van der Waals surface area (Å²) < 4.78 is 0. The molecule has 1 atom stereocenters. The molecule has 0 saturated heterocycles. The Labute approximate surface area is 94.4 Å². The van der Waals surface area contributed by atoms with E-state index >= 15 is 0 Å². The maximum Gasteiger partial charge on any atom is 0.321 e. The predicted molar refractivity (Wildman–Crippen MR) is 62.3 cm³/mol. The number of hydrogen-bond acceptors (Lipinski definition) is 2. The Balaban J connectivity index is 2.19. The van der Waals surface area contributed by atoms with Gasteiger partial charge in [-0.3, -0.25) is 4.79 Å². The second-order valence-corrected chi connectivity index (χ2v) is 4.03. The number of likely N-dealkylation sites (N-methyl/N-ethyl adjacent to an activating group) is 1. The van der Waals surface area contributed by atoms with Gasteiger partial charge >= 0.3 is 5.97 Å². The Morgan fingerprint density at radius 1 is 1.69 bits per heavy atom. The van der Waals surface area contributed by atoms with Crippen molar-refractivity contribution < 1.29 is 9.90 Å². The molecule has 3 N–H and O–H groups in total. The highest BCUT2D eigenvalue weighted by molar-refractivity contribution is 5.74. The van der Waals surface area contributed by atoms with Gasteiger partial charge in [-0.2, -0.15) is 0 Å². The fraction of sp³-hybridized carbons (Fsp3) is 0.417. The first-order valence-corrected chi connectivity index (χ1v) is 5.48. The van der Waals surface area contributed by atoms with Crippen LogP contribution in [-0.2, 0) is 17.6 Å². The lowest BCUT2D eigenvalue weighted by Crippen LogP contribution is -2.35. The van der Waals surface area contributed by atoms with Crippen molar-refractivity contribution in [2.45, 2.75) is 25.3 Å². The molecule has 0 aromatic carbocycles. The first-order valence-electron chi connectivity index (χ1n) is 5.48. The highest BCUT2D eigenvalue weighted by Gasteiger charge is 2.19. The second kappa shape index (κ2) is 4.53. The summed E-state index contributed by atoms with van der Waals surface area (Å²) in [5.74, 6) is -0.808. The Morgan fingerprint density at radius 3 is 3.19 bits per heavy atom. The third kappa shape index (κ3) is 2.02. The number of aliphatic carboxylic acids is 1. The van der Waals surface area contributed by atoms with Crippen molar-refractivity contribution in [3.63, 3.8) is 0 Å². The first-order chi connectivity index (χ1) is 7.72. The molecule has 1 unspecified atom stereocenters. The van der Waals surface area contributed by atoms with Crippen LogP contribution in [0.5, 0.6) is 0 Å². The number of carboxylic acids is 1. The fourth-order valence-electron chi connectivity index (χ4n) is 2.07.